The SMILES string of the molecule is Cc1ccc(OCC(O)COCC(O)COCCOCC(F)(F)OC(F)(F)OC(F)(F)COCC(O)COCCO)cc1. The molecule has 12 nitrogen and oxygen atoms in total. The highest BCUT2D eigenvalue weighted by Crippen LogP contribution is 2.33. The van der Waals surface area contributed by atoms with Gasteiger partial charge < -0.3 is 48.8 Å². The van der Waals surface area contributed by atoms with Crippen LogP contribution in [-0.4, -0.2) is 137 Å². The van der Waals surface area contributed by atoms with Crippen LogP contribution in [0.1, 0.15) is 5.56 Å². The predicted molar refractivity (Wildman–Crippen MR) is 133 cm³/mol. The Morgan fingerprint density at radius 1 is 0.605 bits per heavy atom. The van der Waals surface area contributed by atoms with Gasteiger partial charge in [0.15, 0.2) is 0 Å². The molecule has 0 amide bonds. The van der Waals surface area contributed by atoms with Crippen LogP contribution in [0.3, 0.4) is 0 Å². The van der Waals surface area contributed by atoms with Crippen LogP contribution >= 0.6 is 0 Å². The first-order valence-corrected chi connectivity index (χ1v) is 12.9. The van der Waals surface area contributed by atoms with Gasteiger partial charge >= 0.3 is 18.5 Å². The van der Waals surface area contributed by atoms with Gasteiger partial charge in [0.25, 0.3) is 0 Å². The first kappa shape index (κ1) is 39.2. The number of aryl methyl sites for hydroxylation is 1. The van der Waals surface area contributed by atoms with E-state index in [1.807, 2.05) is 19.1 Å². The third-order valence-corrected chi connectivity index (χ3v) is 4.70. The molecule has 1 aromatic rings. The van der Waals surface area contributed by atoms with Gasteiger partial charge in [0.05, 0.1) is 59.5 Å². The fourth-order valence-corrected chi connectivity index (χ4v) is 2.86. The van der Waals surface area contributed by atoms with E-state index in [0.29, 0.717) is 5.75 Å². The molecule has 0 heterocycles. The summed E-state index contributed by atoms with van der Waals surface area (Å²) in [5.74, 6) is 0.561. The van der Waals surface area contributed by atoms with E-state index in [-0.39, 0.29) is 46.2 Å². The Morgan fingerprint density at radius 3 is 1.60 bits per heavy atom. The maximum Gasteiger partial charge on any atom is 0.495 e. The van der Waals surface area contributed by atoms with E-state index in [0.717, 1.165) is 5.56 Å². The normalized spacial score (nSPS) is 15.0. The second-order valence-electron chi connectivity index (χ2n) is 9.01. The number of halogens is 6. The van der Waals surface area contributed by atoms with Crippen LogP contribution in [0.4, 0.5) is 26.3 Å². The number of benzene rings is 1. The summed E-state index contributed by atoms with van der Waals surface area (Å²) in [6, 6.07) is 7.16. The van der Waals surface area contributed by atoms with Gasteiger partial charge in [-0.3, -0.25) is 0 Å². The summed E-state index contributed by atoms with van der Waals surface area (Å²) < 4.78 is 116. The topological polar surface area (TPSA) is 155 Å². The highest BCUT2D eigenvalue weighted by atomic mass is 19.3. The molecule has 0 spiro atoms. The van der Waals surface area contributed by atoms with Crippen molar-refractivity contribution in [2.75, 3.05) is 79.3 Å². The van der Waals surface area contributed by atoms with Crippen molar-refractivity contribution in [3.63, 3.8) is 0 Å². The molecule has 3 atom stereocenters. The molecule has 0 aliphatic carbocycles. The number of aliphatic hydroxyl groups is 4. The summed E-state index contributed by atoms with van der Waals surface area (Å²) in [4.78, 5) is 0. The molecular weight excluding hydrogens is 606 g/mol. The zero-order chi connectivity index (χ0) is 32.4. The van der Waals surface area contributed by atoms with Crippen molar-refractivity contribution in [3.05, 3.63) is 29.8 Å². The lowest BCUT2D eigenvalue weighted by Gasteiger charge is -2.26. The third kappa shape index (κ3) is 20.7. The van der Waals surface area contributed by atoms with Crippen molar-refractivity contribution >= 4 is 0 Å². The number of rotatable bonds is 26. The van der Waals surface area contributed by atoms with Crippen molar-refractivity contribution in [1.82, 2.24) is 0 Å². The van der Waals surface area contributed by atoms with Gasteiger partial charge in [0.2, 0.25) is 0 Å². The summed E-state index contributed by atoms with van der Waals surface area (Å²) in [6.07, 6.45) is -18.6. The van der Waals surface area contributed by atoms with Gasteiger partial charge in [0.1, 0.15) is 43.9 Å². The average Bonchev–Trinajstić information content (AvgIpc) is 2.89. The van der Waals surface area contributed by atoms with Gasteiger partial charge in [-0.2, -0.15) is 17.6 Å². The maximum absolute atomic E-state index is 13.6. The van der Waals surface area contributed by atoms with E-state index in [2.05, 4.69) is 18.9 Å². The molecule has 0 radical (unpaired) electrons. The summed E-state index contributed by atoms with van der Waals surface area (Å²) in [6.45, 7) is -5.09. The molecule has 3 unspecified atom stereocenters. The third-order valence-electron chi connectivity index (χ3n) is 4.70. The minimum atomic E-state index is -5.45. The van der Waals surface area contributed by atoms with Crippen LogP contribution in [0, 0.1) is 6.92 Å². The minimum Gasteiger partial charge on any atom is -0.491 e. The smallest absolute Gasteiger partial charge is 0.491 e. The fraction of sp³-hybridized carbons (Fsp3) is 0.760. The van der Waals surface area contributed by atoms with E-state index in [1.54, 1.807) is 12.1 Å². The average molecular weight is 645 g/mol. The Bertz CT molecular complexity index is 853. The molecule has 0 fully saturated rings. The van der Waals surface area contributed by atoms with Gasteiger partial charge in [-0.25, -0.2) is 9.47 Å². The lowest BCUT2D eigenvalue weighted by molar-refractivity contribution is -0.518. The van der Waals surface area contributed by atoms with Crippen LogP contribution in [0.2, 0.25) is 0 Å². The molecule has 43 heavy (non-hydrogen) atoms. The maximum atomic E-state index is 13.6. The molecule has 0 aliphatic rings. The molecule has 1 aromatic carbocycles. The molecule has 4 N–H and O–H groups in total. The Labute approximate surface area is 243 Å². The Balaban J connectivity index is 2.17. The lowest BCUT2D eigenvalue weighted by atomic mass is 10.2. The zero-order valence-electron chi connectivity index (χ0n) is 23.3. The van der Waals surface area contributed by atoms with Crippen LogP contribution in [-0.2, 0) is 33.2 Å². The standard InChI is InChI=1S/C25H38F6O12/c1-18-2-4-22(5-3-18)41-15-21(35)13-39-12-19(33)11-37-8-9-38-16-23(26,27)42-25(30,31)43-24(28,29)17-40-14-20(34)10-36-7-6-32/h2-5,19-21,32-35H,6-17H2,1H3. The zero-order valence-corrected chi connectivity index (χ0v) is 23.3. The number of aliphatic hydroxyl groups excluding tert-OH is 4. The quantitative estimate of drug-likeness (QED) is 0.0653. The van der Waals surface area contributed by atoms with Crippen molar-refractivity contribution in [2.24, 2.45) is 0 Å². The van der Waals surface area contributed by atoms with Crippen LogP contribution in [0.15, 0.2) is 24.3 Å². The first-order chi connectivity index (χ1) is 20.1. The second kappa shape index (κ2) is 20.2. The van der Waals surface area contributed by atoms with Crippen molar-refractivity contribution < 1.29 is 84.7 Å². The largest absolute Gasteiger partial charge is 0.495 e. The van der Waals surface area contributed by atoms with Crippen molar-refractivity contribution in [3.8, 4) is 5.75 Å². The van der Waals surface area contributed by atoms with E-state index >= 15 is 0 Å². The molecule has 252 valence electrons. The summed E-state index contributed by atoms with van der Waals surface area (Å²) in [5, 5.41) is 37.5. The molecule has 0 aliphatic heterocycles. The van der Waals surface area contributed by atoms with E-state index in [9.17, 15) is 41.7 Å². The van der Waals surface area contributed by atoms with E-state index in [1.165, 1.54) is 0 Å². The molecule has 18 heteroatoms. The summed E-state index contributed by atoms with van der Waals surface area (Å²) >= 11 is 0. The Hall–Kier alpha value is -1.84. The van der Waals surface area contributed by atoms with Gasteiger partial charge in [-0.05, 0) is 19.1 Å². The van der Waals surface area contributed by atoms with Gasteiger partial charge in [-0.1, -0.05) is 17.7 Å². The molecule has 0 aromatic heterocycles. The highest BCUT2D eigenvalue weighted by Gasteiger charge is 2.52. The number of hydrogen-bond donors (Lipinski definition) is 4. The van der Waals surface area contributed by atoms with Crippen LogP contribution in [0.5, 0.6) is 5.75 Å². The lowest BCUT2D eigenvalue weighted by Crippen LogP contribution is -2.44. The molecule has 0 saturated heterocycles. The number of ether oxygens (including phenoxy) is 8. The fourth-order valence-electron chi connectivity index (χ4n) is 2.86. The van der Waals surface area contributed by atoms with Crippen molar-refractivity contribution in [2.45, 2.75) is 43.7 Å². The predicted octanol–water partition coefficient (Wildman–Crippen LogP) is 1.30. The van der Waals surface area contributed by atoms with Gasteiger partial charge in [0, 0.05) is 0 Å². The minimum absolute atomic E-state index is 0.0509. The number of hydrogen-bond acceptors (Lipinski definition) is 12. The highest BCUT2D eigenvalue weighted by molar-refractivity contribution is 5.26. The van der Waals surface area contributed by atoms with Crippen LogP contribution < -0.4 is 4.74 Å². The number of alkyl halides is 6. The van der Waals surface area contributed by atoms with E-state index < -0.39 is 69.9 Å². The monoisotopic (exact) mass is 644 g/mol. The van der Waals surface area contributed by atoms with Crippen LogP contribution in [0.25, 0.3) is 0 Å². The molecule has 1 rings (SSSR count). The summed E-state index contributed by atoms with van der Waals surface area (Å²) in [7, 11) is 0. The molecular formula is C25H38F6O12. The summed E-state index contributed by atoms with van der Waals surface area (Å²) in [5.41, 5.74) is 1.04. The van der Waals surface area contributed by atoms with Crippen molar-refractivity contribution in [1.29, 1.82) is 0 Å². The Kier molecular flexibility index (Phi) is 18.4. The molecule has 0 bridgehead atoms. The Morgan fingerprint density at radius 2 is 1.05 bits per heavy atom. The van der Waals surface area contributed by atoms with Gasteiger partial charge in [-0.15, -0.1) is 8.78 Å². The van der Waals surface area contributed by atoms with E-state index in [4.69, 9.17) is 24.1 Å². The molecule has 0 saturated carbocycles. The second-order valence-corrected chi connectivity index (χ2v) is 9.01. The first-order valence-electron chi connectivity index (χ1n) is 12.9.